The molecule has 18 heavy (non-hydrogen) atoms. The van der Waals surface area contributed by atoms with Gasteiger partial charge in [-0.15, -0.1) is 0 Å². The van der Waals surface area contributed by atoms with Crippen LogP contribution >= 0.6 is 0 Å². The average Bonchev–Trinajstić information content (AvgIpc) is 2.31. The van der Waals surface area contributed by atoms with Crippen molar-refractivity contribution in [1.82, 2.24) is 4.90 Å². The molecule has 0 fully saturated rings. The van der Waals surface area contributed by atoms with Crippen molar-refractivity contribution in [2.45, 2.75) is 13.0 Å². The Labute approximate surface area is 105 Å². The van der Waals surface area contributed by atoms with Gasteiger partial charge in [0.15, 0.2) is 0 Å². The summed E-state index contributed by atoms with van der Waals surface area (Å²) in [5.41, 5.74) is 6.94. The van der Waals surface area contributed by atoms with Crippen molar-refractivity contribution in [2.75, 3.05) is 32.5 Å². The van der Waals surface area contributed by atoms with Gasteiger partial charge in [0.1, 0.15) is 5.75 Å². The number of aliphatic hydroxyl groups excluding tert-OH is 1. The zero-order chi connectivity index (χ0) is 13.5. The SMILES string of the molecule is COc1cc(N)ccc1CN(CCO)CC(F)F. The van der Waals surface area contributed by atoms with Crippen LogP contribution in [0.1, 0.15) is 5.56 Å². The zero-order valence-electron chi connectivity index (χ0n) is 10.3. The van der Waals surface area contributed by atoms with Crippen LogP contribution in [0.3, 0.4) is 0 Å². The number of hydrogen-bond donors (Lipinski definition) is 2. The standard InChI is InChI=1S/C12H18F2N2O2/c1-18-11-6-10(15)3-2-9(11)7-16(4-5-17)8-12(13)14/h2-3,6,12,17H,4-5,7-8,15H2,1H3. The smallest absolute Gasteiger partial charge is 0.251 e. The molecule has 6 heteroatoms. The monoisotopic (exact) mass is 260 g/mol. The summed E-state index contributed by atoms with van der Waals surface area (Å²) in [5, 5.41) is 8.86. The normalized spacial score (nSPS) is 11.2. The molecule has 0 aromatic heterocycles. The van der Waals surface area contributed by atoms with Crippen LogP contribution in [0, 0.1) is 0 Å². The van der Waals surface area contributed by atoms with Gasteiger partial charge in [0.2, 0.25) is 0 Å². The molecule has 0 aliphatic heterocycles. The average molecular weight is 260 g/mol. The Morgan fingerprint density at radius 2 is 2.17 bits per heavy atom. The van der Waals surface area contributed by atoms with Gasteiger partial charge in [-0.2, -0.15) is 0 Å². The van der Waals surface area contributed by atoms with E-state index in [4.69, 9.17) is 15.6 Å². The molecular formula is C12H18F2N2O2. The van der Waals surface area contributed by atoms with Gasteiger partial charge in [0, 0.05) is 30.4 Å². The summed E-state index contributed by atoms with van der Waals surface area (Å²) in [5.74, 6) is 0.562. The van der Waals surface area contributed by atoms with E-state index in [1.54, 1.807) is 18.2 Å². The first-order valence-corrected chi connectivity index (χ1v) is 5.60. The van der Waals surface area contributed by atoms with E-state index in [9.17, 15) is 8.78 Å². The van der Waals surface area contributed by atoms with Crippen molar-refractivity contribution in [3.8, 4) is 5.75 Å². The van der Waals surface area contributed by atoms with Crippen molar-refractivity contribution in [1.29, 1.82) is 0 Å². The first-order valence-electron chi connectivity index (χ1n) is 5.60. The molecule has 4 nitrogen and oxygen atoms in total. The highest BCUT2D eigenvalue weighted by Crippen LogP contribution is 2.23. The van der Waals surface area contributed by atoms with Crippen LogP contribution in [0.25, 0.3) is 0 Å². The predicted octanol–water partition coefficient (Wildman–Crippen LogP) is 1.34. The molecule has 0 bridgehead atoms. The fourth-order valence-electron chi connectivity index (χ4n) is 1.70. The lowest BCUT2D eigenvalue weighted by atomic mass is 10.1. The Morgan fingerprint density at radius 3 is 2.72 bits per heavy atom. The maximum atomic E-state index is 12.4. The molecule has 0 saturated carbocycles. The molecule has 0 radical (unpaired) electrons. The Kier molecular flexibility index (Phi) is 5.80. The second kappa shape index (κ2) is 7.13. The highest BCUT2D eigenvalue weighted by atomic mass is 19.3. The van der Waals surface area contributed by atoms with Crippen molar-refractivity contribution in [3.05, 3.63) is 23.8 Å². The topological polar surface area (TPSA) is 58.7 Å². The van der Waals surface area contributed by atoms with Crippen LogP contribution in [0.15, 0.2) is 18.2 Å². The lowest BCUT2D eigenvalue weighted by Gasteiger charge is -2.22. The van der Waals surface area contributed by atoms with Gasteiger partial charge in [-0.25, -0.2) is 8.78 Å². The van der Waals surface area contributed by atoms with Gasteiger partial charge >= 0.3 is 0 Å². The molecule has 0 saturated heterocycles. The van der Waals surface area contributed by atoms with Crippen LogP contribution in [0.5, 0.6) is 5.75 Å². The minimum atomic E-state index is -2.43. The van der Waals surface area contributed by atoms with Crippen molar-refractivity contribution < 1.29 is 18.6 Å². The third-order valence-electron chi connectivity index (χ3n) is 2.52. The Morgan fingerprint density at radius 1 is 1.44 bits per heavy atom. The van der Waals surface area contributed by atoms with Crippen molar-refractivity contribution in [2.24, 2.45) is 0 Å². The lowest BCUT2D eigenvalue weighted by Crippen LogP contribution is -2.31. The van der Waals surface area contributed by atoms with Crippen molar-refractivity contribution in [3.63, 3.8) is 0 Å². The molecule has 0 unspecified atom stereocenters. The summed E-state index contributed by atoms with van der Waals surface area (Å²) in [6, 6.07) is 5.08. The summed E-state index contributed by atoms with van der Waals surface area (Å²) in [6.07, 6.45) is -2.43. The van der Waals surface area contributed by atoms with Gasteiger partial charge in [-0.3, -0.25) is 4.90 Å². The molecule has 0 spiro atoms. The molecule has 0 aliphatic rings. The van der Waals surface area contributed by atoms with E-state index in [1.807, 2.05) is 0 Å². The maximum Gasteiger partial charge on any atom is 0.251 e. The zero-order valence-corrected chi connectivity index (χ0v) is 10.3. The van der Waals surface area contributed by atoms with E-state index in [2.05, 4.69) is 0 Å². The van der Waals surface area contributed by atoms with E-state index in [0.717, 1.165) is 5.56 Å². The molecule has 0 aliphatic carbocycles. The summed E-state index contributed by atoms with van der Waals surface area (Å²) in [6.45, 7) is -0.0652. The Bertz CT molecular complexity index is 375. The Hall–Kier alpha value is -1.40. The van der Waals surface area contributed by atoms with E-state index < -0.39 is 6.43 Å². The Balaban J connectivity index is 2.79. The number of alkyl halides is 2. The fraction of sp³-hybridized carbons (Fsp3) is 0.500. The molecule has 0 atom stereocenters. The molecule has 3 N–H and O–H groups in total. The molecule has 102 valence electrons. The van der Waals surface area contributed by atoms with E-state index in [-0.39, 0.29) is 26.2 Å². The van der Waals surface area contributed by atoms with Crippen LogP contribution in [-0.4, -0.2) is 43.2 Å². The van der Waals surface area contributed by atoms with Crippen LogP contribution in [0.4, 0.5) is 14.5 Å². The number of nitrogen functional groups attached to an aromatic ring is 1. The summed E-state index contributed by atoms with van der Waals surface area (Å²) in [7, 11) is 1.50. The molecule has 0 heterocycles. The highest BCUT2D eigenvalue weighted by molar-refractivity contribution is 5.48. The van der Waals surface area contributed by atoms with Gasteiger partial charge in [0.05, 0.1) is 20.3 Å². The number of nitrogens with two attached hydrogens (primary N) is 1. The first-order chi connectivity index (χ1) is 8.56. The van der Waals surface area contributed by atoms with Crippen LogP contribution in [-0.2, 0) is 6.54 Å². The number of aliphatic hydroxyl groups is 1. The lowest BCUT2D eigenvalue weighted by molar-refractivity contribution is 0.0742. The van der Waals surface area contributed by atoms with E-state index >= 15 is 0 Å². The predicted molar refractivity (Wildman–Crippen MR) is 65.8 cm³/mol. The number of nitrogens with zero attached hydrogens (tertiary/aromatic N) is 1. The second-order valence-corrected chi connectivity index (χ2v) is 3.92. The number of methoxy groups -OCH3 is 1. The minimum Gasteiger partial charge on any atom is -0.496 e. The number of halogens is 2. The largest absolute Gasteiger partial charge is 0.496 e. The van der Waals surface area contributed by atoms with E-state index in [1.165, 1.54) is 12.0 Å². The third-order valence-corrected chi connectivity index (χ3v) is 2.52. The summed E-state index contributed by atoms with van der Waals surface area (Å²) in [4.78, 5) is 1.47. The number of anilines is 1. The highest BCUT2D eigenvalue weighted by Gasteiger charge is 2.14. The molecule has 1 rings (SSSR count). The number of rotatable bonds is 7. The summed E-state index contributed by atoms with van der Waals surface area (Å²) >= 11 is 0. The minimum absolute atomic E-state index is 0.163. The number of benzene rings is 1. The third kappa shape index (κ3) is 4.46. The van der Waals surface area contributed by atoms with Crippen LogP contribution < -0.4 is 10.5 Å². The van der Waals surface area contributed by atoms with E-state index in [0.29, 0.717) is 11.4 Å². The molecule has 0 amide bonds. The van der Waals surface area contributed by atoms with Gasteiger partial charge in [0.25, 0.3) is 6.43 Å². The quantitative estimate of drug-likeness (QED) is 0.726. The molecule has 1 aromatic carbocycles. The molecule has 1 aromatic rings. The van der Waals surface area contributed by atoms with Gasteiger partial charge in [-0.05, 0) is 6.07 Å². The number of hydrogen-bond acceptors (Lipinski definition) is 4. The van der Waals surface area contributed by atoms with Crippen LogP contribution in [0.2, 0.25) is 0 Å². The molecular weight excluding hydrogens is 242 g/mol. The first kappa shape index (κ1) is 14.7. The fourth-order valence-corrected chi connectivity index (χ4v) is 1.70. The van der Waals surface area contributed by atoms with Gasteiger partial charge < -0.3 is 15.6 Å². The van der Waals surface area contributed by atoms with Crippen molar-refractivity contribution >= 4 is 5.69 Å². The maximum absolute atomic E-state index is 12.4. The second-order valence-electron chi connectivity index (χ2n) is 3.92. The summed E-state index contributed by atoms with van der Waals surface area (Å²) < 4.78 is 29.9. The number of ether oxygens (including phenoxy) is 1. The van der Waals surface area contributed by atoms with Gasteiger partial charge in [-0.1, -0.05) is 6.07 Å².